The minimum Gasteiger partial charge on any atom is -0.497 e. The zero-order chi connectivity index (χ0) is 17.6. The Labute approximate surface area is 150 Å². The summed E-state index contributed by atoms with van der Waals surface area (Å²) in [5, 5.41) is 6.59. The second-order valence-electron chi connectivity index (χ2n) is 5.48. The van der Waals surface area contributed by atoms with E-state index in [0.717, 1.165) is 33.1 Å². The number of furan rings is 1. The van der Waals surface area contributed by atoms with Gasteiger partial charge in [0.25, 0.3) is 0 Å². The molecule has 0 aliphatic rings. The molecular weight excluding hydrogens is 334 g/mol. The molecule has 0 amide bonds. The molecule has 0 bridgehead atoms. The summed E-state index contributed by atoms with van der Waals surface area (Å²) < 4.78 is 12.5. The molecule has 5 nitrogen and oxygen atoms in total. The fraction of sp³-hybridized carbons (Fsp3) is 0.158. The fourth-order valence-electron chi connectivity index (χ4n) is 2.13. The molecule has 2 aromatic heterocycles. The summed E-state index contributed by atoms with van der Waals surface area (Å²) in [7, 11) is 1.65. The van der Waals surface area contributed by atoms with Crippen molar-refractivity contribution in [3.05, 3.63) is 70.6 Å². The van der Waals surface area contributed by atoms with Crippen LogP contribution in [-0.4, -0.2) is 24.5 Å². The van der Waals surface area contributed by atoms with Crippen LogP contribution >= 0.6 is 11.3 Å². The molecule has 25 heavy (non-hydrogen) atoms. The Balaban J connectivity index is 1.99. The first-order valence-corrected chi connectivity index (χ1v) is 8.63. The normalized spacial score (nSPS) is 12.0. The zero-order valence-corrected chi connectivity index (χ0v) is 15.0. The molecule has 0 atom stereocenters. The van der Waals surface area contributed by atoms with Crippen molar-refractivity contribution in [3.8, 4) is 17.2 Å². The van der Waals surface area contributed by atoms with Crippen LogP contribution < -0.4 is 9.54 Å². The molecule has 1 aromatic carbocycles. The molecule has 0 saturated heterocycles. The third-order valence-corrected chi connectivity index (χ3v) is 4.24. The average Bonchev–Trinajstić information content (AvgIpc) is 3.27. The molecule has 6 heteroatoms. The monoisotopic (exact) mass is 353 g/mol. The molecule has 3 rings (SSSR count). The van der Waals surface area contributed by atoms with Crippen LogP contribution in [0.3, 0.4) is 0 Å². The molecular formula is C19H19N3O2S. The first-order chi connectivity index (χ1) is 12.2. The Morgan fingerprint density at radius 3 is 2.76 bits per heavy atom. The molecule has 0 radical (unpaired) electrons. The zero-order valence-electron chi connectivity index (χ0n) is 14.2. The van der Waals surface area contributed by atoms with E-state index in [-0.39, 0.29) is 0 Å². The third-order valence-electron chi connectivity index (χ3n) is 3.38. The fourth-order valence-corrected chi connectivity index (χ4v) is 2.95. The van der Waals surface area contributed by atoms with Crippen LogP contribution in [0.1, 0.15) is 12.5 Å². The molecule has 0 fully saturated rings. The number of nitrogens with zero attached hydrogens (tertiary/aromatic N) is 3. The summed E-state index contributed by atoms with van der Waals surface area (Å²) in [5.41, 5.74) is 2.83. The van der Waals surface area contributed by atoms with E-state index in [9.17, 15) is 0 Å². The minimum atomic E-state index is 0.566. The van der Waals surface area contributed by atoms with Crippen LogP contribution in [0.15, 0.2) is 74.7 Å². The molecule has 0 N–H and O–H groups in total. The van der Waals surface area contributed by atoms with Crippen molar-refractivity contribution in [2.75, 3.05) is 13.7 Å². The number of hydrogen-bond acceptors (Lipinski definition) is 5. The Morgan fingerprint density at radius 1 is 1.32 bits per heavy atom. The molecule has 2 heterocycles. The summed E-state index contributed by atoms with van der Waals surface area (Å²) >= 11 is 1.52. The van der Waals surface area contributed by atoms with Gasteiger partial charge in [0, 0.05) is 5.38 Å². The second kappa shape index (κ2) is 7.81. The Hall–Kier alpha value is -2.86. The highest BCUT2D eigenvalue weighted by atomic mass is 32.1. The highest BCUT2D eigenvalue weighted by Gasteiger charge is 2.09. The van der Waals surface area contributed by atoms with Gasteiger partial charge >= 0.3 is 0 Å². The quantitative estimate of drug-likeness (QED) is 0.493. The second-order valence-corrected chi connectivity index (χ2v) is 6.32. The first kappa shape index (κ1) is 17.0. The van der Waals surface area contributed by atoms with Gasteiger partial charge in [0.1, 0.15) is 11.4 Å². The summed E-state index contributed by atoms with van der Waals surface area (Å²) in [6.45, 7) is 6.42. The number of aromatic nitrogens is 1. The third kappa shape index (κ3) is 4.16. The van der Waals surface area contributed by atoms with Gasteiger partial charge in [0.05, 0.1) is 26.1 Å². The standard InChI is InChI=1S/C19H19N3O2S/c1-14(2)11-20-19-22(17(13-25-19)18-5-4-10-24-18)21-12-15-6-8-16(23-3)9-7-15/h4-10,12-13H,1,11H2,2-3H3. The van der Waals surface area contributed by atoms with Crippen LogP contribution in [0, 0.1) is 0 Å². The summed E-state index contributed by atoms with van der Waals surface area (Å²) in [5.74, 6) is 1.56. The number of rotatable bonds is 6. The highest BCUT2D eigenvalue weighted by Crippen LogP contribution is 2.20. The highest BCUT2D eigenvalue weighted by molar-refractivity contribution is 7.07. The maximum Gasteiger partial charge on any atom is 0.206 e. The Kier molecular flexibility index (Phi) is 5.30. The molecule has 0 spiro atoms. The van der Waals surface area contributed by atoms with Gasteiger partial charge in [-0.1, -0.05) is 12.2 Å². The maximum atomic E-state index is 5.52. The molecule has 3 aromatic rings. The van der Waals surface area contributed by atoms with E-state index in [4.69, 9.17) is 9.15 Å². The van der Waals surface area contributed by atoms with E-state index in [1.807, 2.05) is 48.7 Å². The lowest BCUT2D eigenvalue weighted by molar-refractivity contribution is 0.415. The number of ether oxygens (including phenoxy) is 1. The smallest absolute Gasteiger partial charge is 0.206 e. The van der Waals surface area contributed by atoms with Crippen molar-refractivity contribution in [1.29, 1.82) is 0 Å². The number of benzene rings is 1. The van der Waals surface area contributed by atoms with Gasteiger partial charge in [-0.25, -0.2) is 4.68 Å². The van der Waals surface area contributed by atoms with E-state index < -0.39 is 0 Å². The van der Waals surface area contributed by atoms with Crippen molar-refractivity contribution in [3.63, 3.8) is 0 Å². The molecule has 0 aliphatic heterocycles. The lowest BCUT2D eigenvalue weighted by Crippen LogP contribution is -2.12. The molecule has 0 aliphatic carbocycles. The van der Waals surface area contributed by atoms with Gasteiger partial charge in [-0.05, 0) is 48.9 Å². The Bertz CT molecular complexity index is 932. The van der Waals surface area contributed by atoms with E-state index in [0.29, 0.717) is 6.54 Å². The topological polar surface area (TPSA) is 52.0 Å². The molecule has 0 saturated carbocycles. The van der Waals surface area contributed by atoms with Gasteiger partial charge in [-0.2, -0.15) is 5.10 Å². The van der Waals surface area contributed by atoms with Crippen molar-refractivity contribution < 1.29 is 9.15 Å². The van der Waals surface area contributed by atoms with E-state index in [1.54, 1.807) is 24.3 Å². The lowest BCUT2D eigenvalue weighted by Gasteiger charge is -2.01. The van der Waals surface area contributed by atoms with Crippen LogP contribution in [0.2, 0.25) is 0 Å². The minimum absolute atomic E-state index is 0.566. The molecule has 128 valence electrons. The van der Waals surface area contributed by atoms with Crippen molar-refractivity contribution in [2.24, 2.45) is 10.1 Å². The maximum absolute atomic E-state index is 5.52. The average molecular weight is 353 g/mol. The van der Waals surface area contributed by atoms with Crippen LogP contribution in [0.5, 0.6) is 5.75 Å². The predicted molar refractivity (Wildman–Crippen MR) is 101 cm³/mol. The van der Waals surface area contributed by atoms with E-state index >= 15 is 0 Å². The summed E-state index contributed by atoms with van der Waals surface area (Å²) in [6.07, 6.45) is 3.44. The van der Waals surface area contributed by atoms with Gasteiger partial charge in [-0.15, -0.1) is 11.3 Å². The molecule has 0 unspecified atom stereocenters. The lowest BCUT2D eigenvalue weighted by atomic mass is 10.2. The number of thiazole rings is 1. The Morgan fingerprint density at radius 2 is 2.12 bits per heavy atom. The predicted octanol–water partition coefficient (Wildman–Crippen LogP) is 4.18. The van der Waals surface area contributed by atoms with Gasteiger partial charge in [0.2, 0.25) is 4.80 Å². The van der Waals surface area contributed by atoms with E-state index in [1.165, 1.54) is 11.3 Å². The van der Waals surface area contributed by atoms with Crippen LogP contribution in [0.25, 0.3) is 11.5 Å². The van der Waals surface area contributed by atoms with Crippen molar-refractivity contribution in [2.45, 2.75) is 6.92 Å². The SMILES string of the molecule is C=C(C)CN=c1scc(-c2ccco2)n1N=Cc1ccc(OC)cc1. The largest absolute Gasteiger partial charge is 0.497 e. The number of hydrogen-bond donors (Lipinski definition) is 0. The van der Waals surface area contributed by atoms with Crippen LogP contribution in [0.4, 0.5) is 0 Å². The summed E-state index contributed by atoms with van der Waals surface area (Å²) in [6, 6.07) is 11.5. The number of methoxy groups -OCH3 is 1. The van der Waals surface area contributed by atoms with Crippen molar-refractivity contribution >= 4 is 17.6 Å². The van der Waals surface area contributed by atoms with Gasteiger partial charge in [-0.3, -0.25) is 4.99 Å². The first-order valence-electron chi connectivity index (χ1n) is 7.75. The van der Waals surface area contributed by atoms with Gasteiger partial charge < -0.3 is 9.15 Å². The van der Waals surface area contributed by atoms with E-state index in [2.05, 4.69) is 16.7 Å². The van der Waals surface area contributed by atoms with Crippen LogP contribution in [-0.2, 0) is 0 Å². The van der Waals surface area contributed by atoms with Crippen molar-refractivity contribution in [1.82, 2.24) is 4.68 Å². The van der Waals surface area contributed by atoms with Gasteiger partial charge in [0.15, 0.2) is 5.76 Å². The summed E-state index contributed by atoms with van der Waals surface area (Å²) in [4.78, 5) is 5.37.